The van der Waals surface area contributed by atoms with Crippen molar-refractivity contribution in [1.29, 1.82) is 0 Å². The molecule has 0 aliphatic heterocycles. The van der Waals surface area contributed by atoms with E-state index in [9.17, 15) is 0 Å². The Bertz CT molecular complexity index is 1660. The van der Waals surface area contributed by atoms with E-state index in [1.54, 1.807) is 14.3 Å². The molecule has 0 spiro atoms. The molecule has 1 unspecified atom stereocenters. The Morgan fingerprint density at radius 3 is 1.76 bits per heavy atom. The molecule has 0 aromatic heterocycles. The van der Waals surface area contributed by atoms with E-state index in [-0.39, 0.29) is 10.8 Å². The number of hydrogen-bond donors (Lipinski definition) is 0. The molecule has 205 valence electrons. The second kappa shape index (κ2) is 10.7. The normalized spacial score (nSPS) is 16.0. The van der Waals surface area contributed by atoms with Crippen LogP contribution in [0.25, 0.3) is 16.7 Å². The third-order valence-electron chi connectivity index (χ3n) is 8.66. The molecule has 1 heteroatoms. The maximum absolute atomic E-state index is 2.55. The van der Waals surface area contributed by atoms with E-state index in [1.165, 1.54) is 50.1 Å². The standard InChI is InChI=1S/C27H31.C13H10.Zr/c1-17-8-9-18(12-17)23-15-21(27(5,6)7)16-25-22-14-20(26(2,3)4)11-10-19(22)13-24(23)25;1-3-7-12(8-4-1)11-13-9-5-2-6-10-13;/h8,10-16H,9H2,1-7H3;1-10H;. The fourth-order valence-corrected chi connectivity index (χ4v) is 10.7. The van der Waals surface area contributed by atoms with Crippen molar-refractivity contribution in [2.24, 2.45) is 0 Å². The summed E-state index contributed by atoms with van der Waals surface area (Å²) in [6.45, 7) is 16.3. The fourth-order valence-electron chi connectivity index (χ4n) is 6.24. The SMILES string of the molecule is CC1=CCC(c2cc(C(C)(C)C)cc3c2[CH]([Zr]=[C](c2ccccc2)c2ccccc2)c2ccc(C(C)(C)C)cc2-3)=C1. The van der Waals surface area contributed by atoms with Gasteiger partial charge in [0.2, 0.25) is 0 Å². The van der Waals surface area contributed by atoms with E-state index in [0.717, 1.165) is 6.42 Å². The van der Waals surface area contributed by atoms with Crippen molar-refractivity contribution in [2.45, 2.75) is 69.3 Å². The van der Waals surface area contributed by atoms with Crippen LogP contribution in [0.1, 0.15) is 97.5 Å². The summed E-state index contributed by atoms with van der Waals surface area (Å²) in [5.74, 6) is 0. The summed E-state index contributed by atoms with van der Waals surface area (Å²) in [6.07, 6.45) is 5.86. The second-order valence-corrected chi connectivity index (χ2v) is 17.2. The zero-order chi connectivity index (χ0) is 28.9. The zero-order valence-corrected chi connectivity index (χ0v) is 28.1. The summed E-state index contributed by atoms with van der Waals surface area (Å²) in [4.78, 5) is 0. The van der Waals surface area contributed by atoms with Crippen LogP contribution in [0.15, 0.2) is 109 Å². The van der Waals surface area contributed by atoms with Crippen molar-refractivity contribution >= 4 is 8.78 Å². The molecule has 0 saturated carbocycles. The number of hydrogen-bond acceptors (Lipinski definition) is 0. The van der Waals surface area contributed by atoms with E-state index in [1.807, 2.05) is 0 Å². The number of allylic oxidation sites excluding steroid dienone is 4. The second-order valence-electron chi connectivity index (χ2n) is 13.8. The third kappa shape index (κ3) is 5.51. The Balaban J connectivity index is 1.68. The molecular formula is C40H41Zr. The molecule has 1 atom stereocenters. The first-order valence-corrected chi connectivity index (χ1v) is 17.6. The summed E-state index contributed by atoms with van der Waals surface area (Å²) in [7, 11) is 0. The Morgan fingerprint density at radius 2 is 1.22 bits per heavy atom. The molecular weight excluding hydrogens is 572 g/mol. The Hall–Kier alpha value is -2.89. The first-order valence-electron chi connectivity index (χ1n) is 15.0. The van der Waals surface area contributed by atoms with Gasteiger partial charge in [-0.05, 0) is 0 Å². The van der Waals surface area contributed by atoms with E-state index >= 15 is 0 Å². The average molecular weight is 613 g/mol. The van der Waals surface area contributed by atoms with Crippen molar-refractivity contribution in [3.63, 3.8) is 0 Å². The molecule has 0 heterocycles. The van der Waals surface area contributed by atoms with Crippen molar-refractivity contribution in [1.82, 2.24) is 0 Å². The molecule has 0 fully saturated rings. The Morgan fingerprint density at radius 1 is 0.659 bits per heavy atom. The molecule has 0 N–H and O–H groups in total. The molecule has 2 aliphatic rings. The molecule has 6 rings (SSSR count). The minimum atomic E-state index is -1.19. The van der Waals surface area contributed by atoms with Crippen LogP contribution in [-0.4, -0.2) is 3.21 Å². The van der Waals surface area contributed by atoms with Crippen molar-refractivity contribution < 1.29 is 22.8 Å². The van der Waals surface area contributed by atoms with Gasteiger partial charge in [-0.2, -0.15) is 0 Å². The van der Waals surface area contributed by atoms with Gasteiger partial charge in [-0.25, -0.2) is 0 Å². The van der Waals surface area contributed by atoms with Crippen LogP contribution < -0.4 is 0 Å². The van der Waals surface area contributed by atoms with E-state index < -0.39 is 22.8 Å². The van der Waals surface area contributed by atoms with Crippen molar-refractivity contribution in [3.05, 3.63) is 148 Å². The van der Waals surface area contributed by atoms with Gasteiger partial charge in [0.05, 0.1) is 0 Å². The molecule has 0 nitrogen and oxygen atoms in total. The summed E-state index contributed by atoms with van der Waals surface area (Å²) in [5.41, 5.74) is 16.2. The topological polar surface area (TPSA) is 0 Å². The zero-order valence-electron chi connectivity index (χ0n) is 25.6. The molecule has 4 aromatic carbocycles. The van der Waals surface area contributed by atoms with Crippen molar-refractivity contribution in [3.8, 4) is 11.1 Å². The van der Waals surface area contributed by atoms with Gasteiger partial charge in [0.15, 0.2) is 0 Å². The Labute approximate surface area is 258 Å². The summed E-state index contributed by atoms with van der Waals surface area (Å²) >= 11 is -1.19. The van der Waals surface area contributed by atoms with Gasteiger partial charge in [-0.3, -0.25) is 0 Å². The van der Waals surface area contributed by atoms with Crippen LogP contribution >= 0.6 is 0 Å². The molecule has 0 saturated heterocycles. The maximum atomic E-state index is 2.55. The molecule has 4 aromatic rings. The predicted molar refractivity (Wildman–Crippen MR) is 174 cm³/mol. The first-order chi connectivity index (χ1) is 19.5. The van der Waals surface area contributed by atoms with E-state index in [0.29, 0.717) is 3.63 Å². The summed E-state index contributed by atoms with van der Waals surface area (Å²) < 4.78 is 2.04. The quantitative estimate of drug-likeness (QED) is 0.215. The van der Waals surface area contributed by atoms with E-state index in [4.69, 9.17) is 0 Å². The molecule has 2 aliphatic carbocycles. The summed E-state index contributed by atoms with van der Waals surface area (Å²) in [6, 6.07) is 34.9. The number of fused-ring (bicyclic) bond motifs is 3. The predicted octanol–water partition coefficient (Wildman–Crippen LogP) is 10.4. The van der Waals surface area contributed by atoms with Gasteiger partial charge in [0, 0.05) is 0 Å². The summed E-state index contributed by atoms with van der Waals surface area (Å²) in [5, 5.41) is 0. The number of rotatable bonds is 4. The third-order valence-corrected chi connectivity index (χ3v) is 13.0. The van der Waals surface area contributed by atoms with Gasteiger partial charge in [-0.15, -0.1) is 0 Å². The van der Waals surface area contributed by atoms with Crippen LogP contribution in [0.2, 0.25) is 0 Å². The van der Waals surface area contributed by atoms with E-state index in [2.05, 4.69) is 152 Å². The van der Waals surface area contributed by atoms with Crippen LogP contribution in [-0.2, 0) is 33.6 Å². The average Bonchev–Trinajstić information content (AvgIpc) is 3.52. The molecule has 0 bridgehead atoms. The molecule has 0 radical (unpaired) electrons. The minimum absolute atomic E-state index is 0.0800. The van der Waals surface area contributed by atoms with Crippen molar-refractivity contribution in [2.75, 3.05) is 0 Å². The Kier molecular flexibility index (Phi) is 7.40. The van der Waals surface area contributed by atoms with Gasteiger partial charge < -0.3 is 0 Å². The first kappa shape index (κ1) is 28.2. The molecule has 0 amide bonds. The number of benzene rings is 4. The van der Waals surface area contributed by atoms with Gasteiger partial charge >= 0.3 is 260 Å². The fraction of sp³-hybridized carbons (Fsp3) is 0.275. The molecule has 41 heavy (non-hydrogen) atoms. The van der Waals surface area contributed by atoms with Gasteiger partial charge in [0.25, 0.3) is 0 Å². The van der Waals surface area contributed by atoms with Crippen LogP contribution in [0.3, 0.4) is 0 Å². The van der Waals surface area contributed by atoms with Crippen LogP contribution in [0.5, 0.6) is 0 Å². The van der Waals surface area contributed by atoms with Gasteiger partial charge in [-0.1, -0.05) is 0 Å². The monoisotopic (exact) mass is 611 g/mol. The van der Waals surface area contributed by atoms with Gasteiger partial charge in [0.1, 0.15) is 0 Å². The van der Waals surface area contributed by atoms with Crippen LogP contribution in [0.4, 0.5) is 0 Å². The van der Waals surface area contributed by atoms with Crippen LogP contribution in [0, 0.1) is 0 Å².